The molecule has 1 aromatic heterocycles. The van der Waals surface area contributed by atoms with E-state index in [2.05, 4.69) is 42.5 Å². The normalized spacial score (nSPS) is 14.4. The van der Waals surface area contributed by atoms with Gasteiger partial charge in [-0.1, -0.05) is 54.8 Å². The Morgan fingerprint density at radius 2 is 1.58 bits per heavy atom. The average molecular weight is 357 g/mol. The van der Waals surface area contributed by atoms with Gasteiger partial charge in [0.1, 0.15) is 0 Å². The molecule has 3 heteroatoms. The van der Waals surface area contributed by atoms with E-state index in [9.17, 15) is 0 Å². The van der Waals surface area contributed by atoms with Crippen molar-refractivity contribution in [2.24, 2.45) is 0 Å². The summed E-state index contributed by atoms with van der Waals surface area (Å²) in [6, 6.07) is 16.8. The van der Waals surface area contributed by atoms with Crippen molar-refractivity contribution in [2.75, 3.05) is 0 Å². The minimum atomic E-state index is 0. The van der Waals surface area contributed by atoms with Gasteiger partial charge >= 0.3 is 0 Å². The van der Waals surface area contributed by atoms with E-state index in [1.165, 1.54) is 53.5 Å². The molecule has 24 heavy (non-hydrogen) atoms. The summed E-state index contributed by atoms with van der Waals surface area (Å²) in [5, 5.41) is 1.96. The molecule has 3 aromatic rings. The standard InChI is InChI=1S/C21H20ClN.ClH/c22-16-12-13-20-18(14-16)21(15-8-4-3-5-9-15)17-10-6-1-2-7-11-19(17)23-20;/h3-5,8-9,12-14H,1-2,6-7,10-11H2;1H/p-1. The molecule has 0 atom stereocenters. The fraction of sp³-hybridized carbons (Fsp3) is 0.286. The molecule has 4 rings (SSSR count). The first-order chi connectivity index (χ1) is 11.3. The van der Waals surface area contributed by atoms with Crippen molar-refractivity contribution >= 4 is 22.5 Å². The molecule has 1 aliphatic carbocycles. The van der Waals surface area contributed by atoms with Crippen molar-refractivity contribution in [3.8, 4) is 11.1 Å². The molecule has 0 unspecified atom stereocenters. The van der Waals surface area contributed by atoms with E-state index < -0.39 is 0 Å². The second kappa shape index (κ2) is 7.55. The van der Waals surface area contributed by atoms with Crippen molar-refractivity contribution in [1.29, 1.82) is 0 Å². The quantitative estimate of drug-likeness (QED) is 0.652. The van der Waals surface area contributed by atoms with Gasteiger partial charge in [-0.15, -0.1) is 0 Å². The third-order valence-electron chi connectivity index (χ3n) is 4.79. The second-order valence-electron chi connectivity index (χ2n) is 6.35. The zero-order valence-corrected chi connectivity index (χ0v) is 15.1. The summed E-state index contributed by atoms with van der Waals surface area (Å²) in [5.74, 6) is 0. The Balaban J connectivity index is 0.00000169. The molecule has 0 fully saturated rings. The zero-order chi connectivity index (χ0) is 15.6. The van der Waals surface area contributed by atoms with Crippen molar-refractivity contribution in [2.45, 2.75) is 38.5 Å². The summed E-state index contributed by atoms with van der Waals surface area (Å²) in [7, 11) is 0. The van der Waals surface area contributed by atoms with E-state index in [0.717, 1.165) is 23.4 Å². The van der Waals surface area contributed by atoms with E-state index in [-0.39, 0.29) is 12.4 Å². The minimum Gasteiger partial charge on any atom is -1.00 e. The fourth-order valence-corrected chi connectivity index (χ4v) is 3.86. The molecule has 0 bridgehead atoms. The minimum absolute atomic E-state index is 0. The average Bonchev–Trinajstić information content (AvgIpc) is 2.55. The number of fused-ring (bicyclic) bond motifs is 2. The molecule has 2 aromatic carbocycles. The van der Waals surface area contributed by atoms with Gasteiger partial charge in [-0.3, -0.25) is 4.98 Å². The maximum Gasteiger partial charge on any atom is 0.0712 e. The van der Waals surface area contributed by atoms with Gasteiger partial charge in [0.25, 0.3) is 0 Å². The summed E-state index contributed by atoms with van der Waals surface area (Å²) in [5.41, 5.74) is 6.41. The Bertz CT molecular complexity index is 843. The molecule has 0 N–H and O–H groups in total. The van der Waals surface area contributed by atoms with Crippen molar-refractivity contribution < 1.29 is 12.4 Å². The van der Waals surface area contributed by atoms with Gasteiger partial charge in [0.2, 0.25) is 0 Å². The van der Waals surface area contributed by atoms with E-state index >= 15 is 0 Å². The largest absolute Gasteiger partial charge is 1.00 e. The van der Waals surface area contributed by atoms with Crippen LogP contribution in [0.15, 0.2) is 48.5 Å². The summed E-state index contributed by atoms with van der Waals surface area (Å²) in [6.07, 6.45) is 7.35. The van der Waals surface area contributed by atoms with Crippen LogP contribution in [0.25, 0.3) is 22.0 Å². The predicted octanol–water partition coefficient (Wildman–Crippen LogP) is 3.22. The lowest BCUT2D eigenvalue weighted by Gasteiger charge is -2.20. The van der Waals surface area contributed by atoms with Crippen LogP contribution in [0, 0.1) is 0 Å². The number of benzene rings is 2. The highest BCUT2D eigenvalue weighted by molar-refractivity contribution is 6.31. The SMILES string of the molecule is Clc1ccc2nc3c(c(-c4ccccc4)c2c1)CCCCCC3.[Cl-]. The van der Waals surface area contributed by atoms with E-state index in [1.54, 1.807) is 0 Å². The number of pyridine rings is 1. The Labute approximate surface area is 154 Å². The lowest BCUT2D eigenvalue weighted by molar-refractivity contribution is -0.00000451. The van der Waals surface area contributed by atoms with Gasteiger partial charge in [0.15, 0.2) is 0 Å². The van der Waals surface area contributed by atoms with Gasteiger partial charge < -0.3 is 12.4 Å². The van der Waals surface area contributed by atoms with Crippen LogP contribution < -0.4 is 12.4 Å². The Hall–Kier alpha value is -1.57. The number of rotatable bonds is 1. The maximum atomic E-state index is 6.29. The van der Waals surface area contributed by atoms with Crippen molar-refractivity contribution in [1.82, 2.24) is 4.98 Å². The summed E-state index contributed by atoms with van der Waals surface area (Å²) < 4.78 is 0. The fourth-order valence-electron chi connectivity index (χ4n) is 3.68. The van der Waals surface area contributed by atoms with Gasteiger partial charge in [-0.25, -0.2) is 0 Å². The number of hydrogen-bond acceptors (Lipinski definition) is 1. The first-order valence-corrected chi connectivity index (χ1v) is 8.87. The molecule has 0 saturated carbocycles. The van der Waals surface area contributed by atoms with Gasteiger partial charge in [-0.05, 0) is 60.6 Å². The van der Waals surface area contributed by atoms with Crippen LogP contribution in [0.2, 0.25) is 5.02 Å². The van der Waals surface area contributed by atoms with Crippen molar-refractivity contribution in [3.05, 3.63) is 64.8 Å². The Kier molecular flexibility index (Phi) is 5.43. The molecule has 1 heterocycles. The van der Waals surface area contributed by atoms with Crippen LogP contribution in [-0.2, 0) is 12.8 Å². The van der Waals surface area contributed by atoms with Gasteiger partial charge in [0, 0.05) is 16.1 Å². The summed E-state index contributed by atoms with van der Waals surface area (Å²) >= 11 is 6.29. The maximum absolute atomic E-state index is 6.29. The number of hydrogen-bond donors (Lipinski definition) is 0. The smallest absolute Gasteiger partial charge is 0.0712 e. The first kappa shape index (κ1) is 17.3. The van der Waals surface area contributed by atoms with Crippen LogP contribution in [0.3, 0.4) is 0 Å². The third-order valence-corrected chi connectivity index (χ3v) is 5.02. The molecule has 0 saturated heterocycles. The van der Waals surface area contributed by atoms with Crippen molar-refractivity contribution in [3.63, 3.8) is 0 Å². The van der Waals surface area contributed by atoms with E-state index in [0.29, 0.717) is 0 Å². The highest BCUT2D eigenvalue weighted by Gasteiger charge is 2.17. The predicted molar refractivity (Wildman–Crippen MR) is 98.1 cm³/mol. The molecule has 0 aliphatic heterocycles. The van der Waals surface area contributed by atoms with Crippen LogP contribution in [0.4, 0.5) is 0 Å². The van der Waals surface area contributed by atoms with Gasteiger partial charge in [0.05, 0.1) is 5.52 Å². The number of nitrogens with zero attached hydrogens (tertiary/aromatic N) is 1. The third kappa shape index (κ3) is 3.29. The molecule has 1 nitrogen and oxygen atoms in total. The second-order valence-corrected chi connectivity index (χ2v) is 6.79. The lowest BCUT2D eigenvalue weighted by atomic mass is 9.88. The van der Waals surface area contributed by atoms with Crippen LogP contribution in [-0.4, -0.2) is 4.98 Å². The Morgan fingerprint density at radius 3 is 2.38 bits per heavy atom. The molecule has 0 amide bonds. The van der Waals surface area contributed by atoms with Crippen LogP contribution >= 0.6 is 11.6 Å². The number of halogens is 2. The van der Waals surface area contributed by atoms with E-state index in [4.69, 9.17) is 16.6 Å². The zero-order valence-electron chi connectivity index (χ0n) is 13.6. The molecule has 124 valence electrons. The Morgan fingerprint density at radius 1 is 0.833 bits per heavy atom. The highest BCUT2D eigenvalue weighted by Crippen LogP contribution is 2.36. The summed E-state index contributed by atoms with van der Waals surface area (Å²) in [4.78, 5) is 4.99. The number of aromatic nitrogens is 1. The molecular weight excluding hydrogens is 337 g/mol. The highest BCUT2D eigenvalue weighted by atomic mass is 35.5. The molecule has 0 radical (unpaired) electrons. The topological polar surface area (TPSA) is 12.9 Å². The molecule has 0 spiro atoms. The lowest BCUT2D eigenvalue weighted by Crippen LogP contribution is -3.00. The monoisotopic (exact) mass is 356 g/mol. The number of aryl methyl sites for hydroxylation is 1. The molecule has 1 aliphatic rings. The summed E-state index contributed by atoms with van der Waals surface area (Å²) in [6.45, 7) is 0. The first-order valence-electron chi connectivity index (χ1n) is 8.49. The van der Waals surface area contributed by atoms with E-state index in [1.807, 2.05) is 6.07 Å². The molecular formula is C21H20Cl2N-. The van der Waals surface area contributed by atoms with Gasteiger partial charge in [-0.2, -0.15) is 0 Å². The van der Waals surface area contributed by atoms with Crippen LogP contribution in [0.5, 0.6) is 0 Å². The van der Waals surface area contributed by atoms with Crippen LogP contribution in [0.1, 0.15) is 36.9 Å².